The lowest BCUT2D eigenvalue weighted by Gasteiger charge is -2.43. The molecule has 0 bridgehead atoms. The fourth-order valence-corrected chi connectivity index (χ4v) is 6.28. The average molecular weight is 512 g/mol. The molecule has 2 aromatic carbocycles. The molecule has 1 atom stereocenters. The van der Waals surface area contributed by atoms with Crippen LogP contribution in [0.3, 0.4) is 0 Å². The van der Waals surface area contributed by atoms with Crippen LogP contribution in [0.25, 0.3) is 10.8 Å². The van der Waals surface area contributed by atoms with E-state index in [9.17, 15) is 5.26 Å². The molecule has 1 N–H and O–H groups in total. The van der Waals surface area contributed by atoms with Crippen LogP contribution >= 0.6 is 0 Å². The van der Waals surface area contributed by atoms with E-state index < -0.39 is 0 Å². The molecule has 6 rings (SSSR count). The van der Waals surface area contributed by atoms with Crippen molar-refractivity contribution in [2.45, 2.75) is 50.3 Å². The molecule has 38 heavy (non-hydrogen) atoms. The van der Waals surface area contributed by atoms with Gasteiger partial charge in [0, 0.05) is 55.4 Å². The van der Waals surface area contributed by atoms with Crippen molar-refractivity contribution < 1.29 is 4.74 Å². The lowest BCUT2D eigenvalue weighted by Crippen LogP contribution is -2.52. The van der Waals surface area contributed by atoms with Crippen LogP contribution in [0.5, 0.6) is 6.01 Å². The van der Waals surface area contributed by atoms with Gasteiger partial charge in [0.2, 0.25) is 0 Å². The van der Waals surface area contributed by atoms with Crippen molar-refractivity contribution >= 4 is 22.3 Å². The second-order valence-corrected chi connectivity index (χ2v) is 11.3. The molecule has 1 saturated carbocycles. The van der Waals surface area contributed by atoms with Crippen LogP contribution in [-0.4, -0.2) is 73.3 Å². The first-order chi connectivity index (χ1) is 18.5. The first-order valence-electron chi connectivity index (χ1n) is 13.9. The predicted molar refractivity (Wildman–Crippen MR) is 151 cm³/mol. The molecule has 1 aliphatic carbocycles. The van der Waals surface area contributed by atoms with Crippen LogP contribution in [0.2, 0.25) is 0 Å². The lowest BCUT2D eigenvalue weighted by molar-refractivity contribution is -0.0334. The maximum Gasteiger partial charge on any atom is 0.319 e. The van der Waals surface area contributed by atoms with Crippen LogP contribution < -0.4 is 19.9 Å². The highest BCUT2D eigenvalue weighted by Gasteiger charge is 2.41. The maximum absolute atomic E-state index is 9.29. The molecule has 0 amide bonds. The van der Waals surface area contributed by atoms with E-state index in [1.54, 1.807) is 0 Å². The molecule has 0 radical (unpaired) electrons. The third kappa shape index (κ3) is 4.89. The van der Waals surface area contributed by atoms with Gasteiger partial charge in [0.25, 0.3) is 0 Å². The number of aromatic nitrogens is 2. The lowest BCUT2D eigenvalue weighted by atomic mass is 9.79. The van der Waals surface area contributed by atoms with Crippen LogP contribution in [0, 0.1) is 11.3 Å². The van der Waals surface area contributed by atoms with E-state index >= 15 is 0 Å². The highest BCUT2D eigenvalue weighted by atomic mass is 16.5. The van der Waals surface area contributed by atoms with Crippen LogP contribution in [0.4, 0.5) is 11.5 Å². The van der Waals surface area contributed by atoms with Crippen molar-refractivity contribution in [3.05, 3.63) is 53.7 Å². The van der Waals surface area contributed by atoms with Gasteiger partial charge in [0.15, 0.2) is 0 Å². The first kappa shape index (κ1) is 24.9. The Balaban J connectivity index is 1.36. The number of nitrogens with one attached hydrogen (secondary N) is 1. The number of hydrogen-bond donors (Lipinski definition) is 1. The molecule has 2 fully saturated rings. The Hall–Kier alpha value is -3.41. The van der Waals surface area contributed by atoms with Crippen LogP contribution in [0.1, 0.15) is 36.9 Å². The summed E-state index contributed by atoms with van der Waals surface area (Å²) in [6.07, 6.45) is 4.61. The van der Waals surface area contributed by atoms with Gasteiger partial charge in [0.05, 0.1) is 24.7 Å². The van der Waals surface area contributed by atoms with Crippen LogP contribution in [0.15, 0.2) is 42.5 Å². The molecule has 0 unspecified atom stereocenters. The minimum atomic E-state index is -0.216. The standard InChI is InChI=1S/C30H37N7O/c1-35(2)21-30(13-6-14-30)38-29-33-26-20-36(27-10-5-8-22-7-3-4-9-24(22)27)17-12-25(26)28(34-29)37-18-16-32-23(19-37)11-15-31/h3-5,7-10,23,32H,6,11-14,16-21H2,1-2H3/t23-/m0/s1. The minimum absolute atomic E-state index is 0.145. The van der Waals surface area contributed by atoms with E-state index in [1.165, 1.54) is 28.4 Å². The smallest absolute Gasteiger partial charge is 0.319 e. The van der Waals surface area contributed by atoms with E-state index in [2.05, 4.69) is 82.6 Å². The largest absolute Gasteiger partial charge is 0.455 e. The average Bonchev–Trinajstić information content (AvgIpc) is 2.91. The number of likely N-dealkylation sites (N-methyl/N-ethyl adjacent to an activating group) is 1. The quantitative estimate of drug-likeness (QED) is 0.514. The van der Waals surface area contributed by atoms with Gasteiger partial charge in [-0.2, -0.15) is 15.2 Å². The van der Waals surface area contributed by atoms with Gasteiger partial charge in [-0.15, -0.1) is 0 Å². The second kappa shape index (κ2) is 10.4. The van der Waals surface area contributed by atoms with Gasteiger partial charge in [-0.3, -0.25) is 0 Å². The van der Waals surface area contributed by atoms with Gasteiger partial charge in [0.1, 0.15) is 11.4 Å². The number of anilines is 2. The van der Waals surface area contributed by atoms with Crippen molar-refractivity contribution in [1.29, 1.82) is 5.26 Å². The number of rotatable bonds is 7. The third-order valence-electron chi connectivity index (χ3n) is 8.20. The summed E-state index contributed by atoms with van der Waals surface area (Å²) in [5.74, 6) is 0.992. The summed E-state index contributed by atoms with van der Waals surface area (Å²) in [5.41, 5.74) is 3.31. The highest BCUT2D eigenvalue weighted by molar-refractivity contribution is 5.94. The number of hydrogen-bond acceptors (Lipinski definition) is 8. The van der Waals surface area contributed by atoms with E-state index in [0.717, 1.165) is 70.0 Å². The number of piperazine rings is 1. The predicted octanol–water partition coefficient (Wildman–Crippen LogP) is 3.75. The van der Waals surface area contributed by atoms with E-state index in [0.29, 0.717) is 12.4 Å². The molecule has 2 aliphatic heterocycles. The molecular weight excluding hydrogens is 474 g/mol. The van der Waals surface area contributed by atoms with Gasteiger partial charge in [-0.25, -0.2) is 0 Å². The second-order valence-electron chi connectivity index (χ2n) is 11.3. The molecule has 8 nitrogen and oxygen atoms in total. The van der Waals surface area contributed by atoms with Crippen molar-refractivity contribution in [3.8, 4) is 12.1 Å². The Labute approximate surface area is 225 Å². The van der Waals surface area contributed by atoms with Gasteiger partial charge < -0.3 is 24.8 Å². The maximum atomic E-state index is 9.29. The summed E-state index contributed by atoms with van der Waals surface area (Å²) < 4.78 is 6.65. The van der Waals surface area contributed by atoms with Crippen molar-refractivity contribution in [2.24, 2.45) is 0 Å². The van der Waals surface area contributed by atoms with Crippen LogP contribution in [-0.2, 0) is 13.0 Å². The number of nitrogens with zero attached hydrogens (tertiary/aromatic N) is 6. The molecular formula is C30H37N7O. The topological polar surface area (TPSA) is 80.5 Å². The van der Waals surface area contributed by atoms with Crippen molar-refractivity contribution in [3.63, 3.8) is 0 Å². The summed E-state index contributed by atoms with van der Waals surface area (Å²) in [5, 5.41) is 15.3. The first-order valence-corrected chi connectivity index (χ1v) is 13.9. The molecule has 8 heteroatoms. The molecule has 3 aliphatic rings. The fraction of sp³-hybridized carbons (Fsp3) is 0.500. The number of nitriles is 1. The number of ether oxygens (including phenoxy) is 1. The Bertz CT molecular complexity index is 1340. The Morgan fingerprint density at radius 3 is 2.74 bits per heavy atom. The summed E-state index contributed by atoms with van der Waals surface area (Å²) in [6, 6.07) is 18.1. The summed E-state index contributed by atoms with van der Waals surface area (Å²) in [7, 11) is 4.20. The molecule has 198 valence electrons. The molecule has 1 aromatic heterocycles. The third-order valence-corrected chi connectivity index (χ3v) is 8.20. The normalized spacial score (nSPS) is 20.6. The summed E-state index contributed by atoms with van der Waals surface area (Å²) in [6.45, 7) is 4.98. The molecule has 3 aromatic rings. The fourth-order valence-electron chi connectivity index (χ4n) is 6.28. The zero-order valence-electron chi connectivity index (χ0n) is 22.5. The summed E-state index contributed by atoms with van der Waals surface area (Å²) >= 11 is 0. The van der Waals surface area contributed by atoms with Crippen molar-refractivity contribution in [1.82, 2.24) is 20.2 Å². The summed E-state index contributed by atoms with van der Waals surface area (Å²) in [4.78, 5) is 17.1. The molecule has 0 spiro atoms. The monoisotopic (exact) mass is 511 g/mol. The van der Waals surface area contributed by atoms with E-state index in [1.807, 2.05) is 0 Å². The van der Waals surface area contributed by atoms with Gasteiger partial charge in [-0.1, -0.05) is 36.4 Å². The molecule has 1 saturated heterocycles. The Kier molecular flexibility index (Phi) is 6.81. The SMILES string of the molecule is CN(C)CC1(Oc2nc3c(c(N4CCN[C@@H](CC#N)C4)n2)CCN(c2cccc4ccccc24)C3)CCC1. The van der Waals surface area contributed by atoms with Gasteiger partial charge >= 0.3 is 6.01 Å². The van der Waals surface area contributed by atoms with E-state index in [-0.39, 0.29) is 11.6 Å². The van der Waals surface area contributed by atoms with Crippen molar-refractivity contribution in [2.75, 3.05) is 56.6 Å². The van der Waals surface area contributed by atoms with E-state index in [4.69, 9.17) is 14.7 Å². The Morgan fingerprint density at radius 2 is 1.95 bits per heavy atom. The minimum Gasteiger partial charge on any atom is -0.455 e. The zero-order valence-corrected chi connectivity index (χ0v) is 22.5. The Morgan fingerprint density at radius 1 is 1.11 bits per heavy atom. The zero-order chi connectivity index (χ0) is 26.1. The highest BCUT2D eigenvalue weighted by Crippen LogP contribution is 2.39. The number of fused-ring (bicyclic) bond motifs is 2. The van der Waals surface area contributed by atoms with Gasteiger partial charge in [-0.05, 0) is 51.2 Å². The number of benzene rings is 2. The molecule has 3 heterocycles.